The quantitative estimate of drug-likeness (QED) is 0.587. The topological polar surface area (TPSA) is 79.9 Å². The SMILES string of the molecule is CCOC(=O)Cc1nc(-c2ccccc2Nc2ccc(C(C)(F)F)cc2)n[nH]1. The molecule has 0 aliphatic carbocycles. The third kappa shape index (κ3) is 4.70. The Kier molecular flexibility index (Phi) is 5.67. The molecule has 0 aliphatic heterocycles. The summed E-state index contributed by atoms with van der Waals surface area (Å²) in [6.45, 7) is 2.90. The molecule has 0 unspecified atom stereocenters. The fraction of sp³-hybridized carbons (Fsp3) is 0.250. The van der Waals surface area contributed by atoms with Crippen molar-refractivity contribution in [2.75, 3.05) is 11.9 Å². The van der Waals surface area contributed by atoms with Crippen molar-refractivity contribution in [2.45, 2.75) is 26.2 Å². The lowest BCUT2D eigenvalue weighted by Gasteiger charge is -2.13. The second-order valence-corrected chi connectivity index (χ2v) is 6.22. The van der Waals surface area contributed by atoms with Crippen molar-refractivity contribution in [1.29, 1.82) is 0 Å². The van der Waals surface area contributed by atoms with Crippen molar-refractivity contribution < 1.29 is 18.3 Å². The lowest BCUT2D eigenvalue weighted by atomic mass is 10.1. The van der Waals surface area contributed by atoms with Crippen LogP contribution in [-0.2, 0) is 21.9 Å². The van der Waals surface area contributed by atoms with E-state index in [1.165, 1.54) is 12.1 Å². The van der Waals surface area contributed by atoms with Crippen LogP contribution in [0.15, 0.2) is 48.5 Å². The lowest BCUT2D eigenvalue weighted by molar-refractivity contribution is -0.142. The number of H-pyrrole nitrogens is 1. The summed E-state index contributed by atoms with van der Waals surface area (Å²) in [5, 5.41) is 10.1. The van der Waals surface area contributed by atoms with Crippen molar-refractivity contribution in [3.8, 4) is 11.4 Å². The molecule has 0 spiro atoms. The van der Waals surface area contributed by atoms with E-state index in [2.05, 4.69) is 20.5 Å². The van der Waals surface area contributed by atoms with Gasteiger partial charge >= 0.3 is 5.97 Å². The highest BCUT2D eigenvalue weighted by Crippen LogP contribution is 2.31. The lowest BCUT2D eigenvalue weighted by Crippen LogP contribution is -2.08. The number of rotatable bonds is 7. The highest BCUT2D eigenvalue weighted by molar-refractivity contribution is 5.78. The summed E-state index contributed by atoms with van der Waals surface area (Å²) < 4.78 is 31.6. The predicted molar refractivity (Wildman–Crippen MR) is 101 cm³/mol. The molecule has 0 saturated heterocycles. The van der Waals surface area contributed by atoms with Gasteiger partial charge in [-0.15, -0.1) is 0 Å². The van der Waals surface area contributed by atoms with Crippen LogP contribution in [0, 0.1) is 0 Å². The molecule has 2 aromatic carbocycles. The number of hydrogen-bond donors (Lipinski definition) is 2. The number of aromatic amines is 1. The van der Waals surface area contributed by atoms with Gasteiger partial charge in [-0.05, 0) is 31.2 Å². The van der Waals surface area contributed by atoms with Crippen LogP contribution in [0.2, 0.25) is 0 Å². The van der Waals surface area contributed by atoms with E-state index in [9.17, 15) is 13.6 Å². The number of ether oxygens (including phenoxy) is 1. The molecule has 0 amide bonds. The van der Waals surface area contributed by atoms with E-state index >= 15 is 0 Å². The van der Waals surface area contributed by atoms with E-state index in [0.29, 0.717) is 35.2 Å². The summed E-state index contributed by atoms with van der Waals surface area (Å²) in [5.74, 6) is -2.45. The molecule has 1 aromatic heterocycles. The van der Waals surface area contributed by atoms with E-state index < -0.39 is 5.92 Å². The van der Waals surface area contributed by atoms with E-state index in [-0.39, 0.29) is 18.0 Å². The van der Waals surface area contributed by atoms with E-state index in [1.54, 1.807) is 19.1 Å². The van der Waals surface area contributed by atoms with E-state index in [0.717, 1.165) is 6.92 Å². The second-order valence-electron chi connectivity index (χ2n) is 6.22. The number of esters is 1. The van der Waals surface area contributed by atoms with Gasteiger partial charge < -0.3 is 10.1 Å². The van der Waals surface area contributed by atoms with Gasteiger partial charge in [-0.3, -0.25) is 9.89 Å². The van der Waals surface area contributed by atoms with Gasteiger partial charge in [-0.1, -0.05) is 24.3 Å². The molecule has 8 heteroatoms. The Bertz CT molecular complexity index is 949. The zero-order chi connectivity index (χ0) is 20.1. The van der Waals surface area contributed by atoms with Crippen molar-refractivity contribution in [2.24, 2.45) is 0 Å². The first-order valence-electron chi connectivity index (χ1n) is 8.78. The number of benzene rings is 2. The summed E-state index contributed by atoms with van der Waals surface area (Å²) in [6, 6.07) is 13.3. The minimum Gasteiger partial charge on any atom is -0.466 e. The van der Waals surface area contributed by atoms with Crippen LogP contribution < -0.4 is 5.32 Å². The van der Waals surface area contributed by atoms with Crippen LogP contribution in [0.4, 0.5) is 20.2 Å². The van der Waals surface area contributed by atoms with Crippen LogP contribution >= 0.6 is 0 Å². The second kappa shape index (κ2) is 8.16. The first-order chi connectivity index (χ1) is 13.4. The first kappa shape index (κ1) is 19.5. The molecule has 28 heavy (non-hydrogen) atoms. The molecular formula is C20H20F2N4O2. The fourth-order valence-corrected chi connectivity index (χ4v) is 2.63. The summed E-state index contributed by atoms with van der Waals surface area (Å²) in [7, 11) is 0. The van der Waals surface area contributed by atoms with Gasteiger partial charge in [-0.2, -0.15) is 5.10 Å². The van der Waals surface area contributed by atoms with Gasteiger partial charge in [0.2, 0.25) is 0 Å². The highest BCUT2D eigenvalue weighted by atomic mass is 19.3. The third-order valence-corrected chi connectivity index (χ3v) is 3.99. The number of carbonyl (C=O) groups excluding carboxylic acids is 1. The molecule has 146 valence electrons. The standard InChI is InChI=1S/C20H20F2N4O2/c1-3-28-18(27)12-17-24-19(26-25-17)15-6-4-5-7-16(15)23-14-10-8-13(9-11-14)20(2,21)22/h4-11,23H,3,12H2,1-2H3,(H,24,25,26). The number of nitrogens with zero attached hydrogens (tertiary/aromatic N) is 2. The van der Waals surface area contributed by atoms with Crippen LogP contribution in [0.25, 0.3) is 11.4 Å². The monoisotopic (exact) mass is 386 g/mol. The normalized spacial score (nSPS) is 11.3. The molecular weight excluding hydrogens is 366 g/mol. The average molecular weight is 386 g/mol. The molecule has 0 fully saturated rings. The Morgan fingerprint density at radius 1 is 1.18 bits per heavy atom. The molecule has 1 heterocycles. The van der Waals surface area contributed by atoms with Crippen LogP contribution in [0.3, 0.4) is 0 Å². The molecule has 3 aromatic rings. The number of anilines is 2. The fourth-order valence-electron chi connectivity index (χ4n) is 2.63. The Morgan fingerprint density at radius 3 is 2.57 bits per heavy atom. The van der Waals surface area contributed by atoms with Crippen molar-refractivity contribution in [3.05, 3.63) is 59.9 Å². The third-order valence-electron chi connectivity index (χ3n) is 3.99. The molecule has 0 saturated carbocycles. The van der Waals surface area contributed by atoms with Crippen LogP contribution in [0.1, 0.15) is 25.2 Å². The maximum absolute atomic E-state index is 13.4. The van der Waals surface area contributed by atoms with E-state index in [1.807, 2.05) is 24.3 Å². The summed E-state index contributed by atoms with van der Waals surface area (Å²) in [6.07, 6.45) is 0.00310. The van der Waals surface area contributed by atoms with Crippen LogP contribution in [0.5, 0.6) is 0 Å². The maximum Gasteiger partial charge on any atom is 0.313 e. The van der Waals surface area contributed by atoms with Crippen molar-refractivity contribution in [1.82, 2.24) is 15.2 Å². The van der Waals surface area contributed by atoms with Crippen molar-refractivity contribution in [3.63, 3.8) is 0 Å². The Morgan fingerprint density at radius 2 is 1.89 bits per heavy atom. The number of alkyl halides is 2. The summed E-state index contributed by atoms with van der Waals surface area (Å²) in [5.41, 5.74) is 2.02. The Hall–Kier alpha value is -3.29. The molecule has 6 nitrogen and oxygen atoms in total. The minimum absolute atomic E-state index is 0.00310. The van der Waals surface area contributed by atoms with Gasteiger partial charge in [0, 0.05) is 29.4 Å². The first-order valence-corrected chi connectivity index (χ1v) is 8.78. The zero-order valence-corrected chi connectivity index (χ0v) is 15.5. The Balaban J connectivity index is 1.80. The maximum atomic E-state index is 13.4. The van der Waals surface area contributed by atoms with Crippen molar-refractivity contribution >= 4 is 17.3 Å². The Labute approximate surface area is 161 Å². The molecule has 0 atom stereocenters. The predicted octanol–water partition coefficient (Wildman–Crippen LogP) is 4.43. The number of carbonyl (C=O) groups is 1. The molecule has 0 bridgehead atoms. The largest absolute Gasteiger partial charge is 0.466 e. The van der Waals surface area contributed by atoms with E-state index in [4.69, 9.17) is 4.74 Å². The number of nitrogens with one attached hydrogen (secondary N) is 2. The molecule has 2 N–H and O–H groups in total. The minimum atomic E-state index is -2.88. The summed E-state index contributed by atoms with van der Waals surface area (Å²) in [4.78, 5) is 15.9. The van der Waals surface area contributed by atoms with Gasteiger partial charge in [-0.25, -0.2) is 13.8 Å². The van der Waals surface area contributed by atoms with Gasteiger partial charge in [0.1, 0.15) is 12.2 Å². The average Bonchev–Trinajstić information content (AvgIpc) is 3.10. The zero-order valence-electron chi connectivity index (χ0n) is 15.5. The number of para-hydroxylation sites is 1. The number of hydrogen-bond acceptors (Lipinski definition) is 5. The summed E-state index contributed by atoms with van der Waals surface area (Å²) >= 11 is 0. The number of halogens is 2. The van der Waals surface area contributed by atoms with Gasteiger partial charge in [0.15, 0.2) is 5.82 Å². The van der Waals surface area contributed by atoms with Crippen LogP contribution in [-0.4, -0.2) is 27.8 Å². The molecule has 0 aliphatic rings. The number of aromatic nitrogens is 3. The molecule has 0 radical (unpaired) electrons. The van der Waals surface area contributed by atoms with Gasteiger partial charge in [0.25, 0.3) is 5.92 Å². The highest BCUT2D eigenvalue weighted by Gasteiger charge is 2.23. The molecule has 3 rings (SSSR count). The van der Waals surface area contributed by atoms with Gasteiger partial charge in [0.05, 0.1) is 6.61 Å². The smallest absolute Gasteiger partial charge is 0.313 e.